The number of carbonyl (C=O) groups is 2. The third-order valence-corrected chi connectivity index (χ3v) is 7.50. The maximum atomic E-state index is 14.3. The first-order chi connectivity index (χ1) is 17.8. The van der Waals surface area contributed by atoms with Crippen LogP contribution in [0, 0.1) is 17.7 Å². The quantitative estimate of drug-likeness (QED) is 0.508. The smallest absolute Gasteiger partial charge is 0.243 e. The summed E-state index contributed by atoms with van der Waals surface area (Å²) < 4.78 is 21.0. The van der Waals surface area contributed by atoms with E-state index >= 15 is 0 Å². The SMILES string of the molecule is COc1ccc(C[C@@H]2C[C@@H](C(=O)NCc3ccc4c(c3)nnn4C)N(C(=O)[C@H]3C[C@@H](C)CN3)C2)cc1F. The van der Waals surface area contributed by atoms with E-state index in [2.05, 4.69) is 27.9 Å². The number of rotatable bonds is 7. The highest BCUT2D eigenvalue weighted by atomic mass is 19.1. The van der Waals surface area contributed by atoms with Crippen molar-refractivity contribution < 1.29 is 18.7 Å². The van der Waals surface area contributed by atoms with Gasteiger partial charge in [-0.3, -0.25) is 9.59 Å². The minimum absolute atomic E-state index is 0.0334. The number of hydrogen-bond acceptors (Lipinski definition) is 6. The van der Waals surface area contributed by atoms with Gasteiger partial charge >= 0.3 is 0 Å². The molecule has 0 saturated carbocycles. The molecular formula is C27H33FN6O3. The average molecular weight is 509 g/mol. The highest BCUT2D eigenvalue weighted by molar-refractivity contribution is 5.90. The van der Waals surface area contributed by atoms with E-state index in [0.717, 1.165) is 35.1 Å². The second-order valence-electron chi connectivity index (χ2n) is 10.3. The number of halogens is 1. The molecule has 2 N–H and O–H groups in total. The normalized spacial score (nSPS) is 23.5. The van der Waals surface area contributed by atoms with Gasteiger partial charge < -0.3 is 20.3 Å². The fraction of sp³-hybridized carbons (Fsp3) is 0.481. The molecule has 10 heteroatoms. The molecule has 9 nitrogen and oxygen atoms in total. The molecule has 2 fully saturated rings. The molecule has 2 amide bonds. The molecule has 2 aliphatic rings. The lowest BCUT2D eigenvalue weighted by molar-refractivity contribution is -0.139. The van der Waals surface area contributed by atoms with Crippen LogP contribution in [-0.2, 0) is 29.6 Å². The number of aromatic nitrogens is 3. The van der Waals surface area contributed by atoms with Crippen molar-refractivity contribution in [3.8, 4) is 5.75 Å². The van der Waals surface area contributed by atoms with Gasteiger partial charge in [-0.05, 0) is 73.0 Å². The second-order valence-corrected chi connectivity index (χ2v) is 10.3. The van der Waals surface area contributed by atoms with Crippen LogP contribution in [0.15, 0.2) is 36.4 Å². The first-order valence-electron chi connectivity index (χ1n) is 12.7. The third-order valence-electron chi connectivity index (χ3n) is 7.50. The Hall–Kier alpha value is -3.53. The minimum Gasteiger partial charge on any atom is -0.494 e. The number of likely N-dealkylation sites (tertiary alicyclic amines) is 1. The molecule has 0 radical (unpaired) electrons. The first-order valence-corrected chi connectivity index (χ1v) is 12.7. The van der Waals surface area contributed by atoms with Crippen molar-refractivity contribution in [2.45, 2.75) is 44.8 Å². The third kappa shape index (κ3) is 5.29. The molecule has 0 bridgehead atoms. The lowest BCUT2D eigenvalue weighted by atomic mass is 9.96. The van der Waals surface area contributed by atoms with E-state index in [0.29, 0.717) is 31.8 Å². The summed E-state index contributed by atoms with van der Waals surface area (Å²) in [5, 5.41) is 14.5. The molecule has 4 atom stereocenters. The predicted molar refractivity (Wildman–Crippen MR) is 136 cm³/mol. The Bertz CT molecular complexity index is 1310. The number of methoxy groups -OCH3 is 1. The molecule has 0 spiro atoms. The topological polar surface area (TPSA) is 101 Å². The van der Waals surface area contributed by atoms with Crippen LogP contribution in [0.4, 0.5) is 4.39 Å². The van der Waals surface area contributed by atoms with Crippen molar-refractivity contribution >= 4 is 22.8 Å². The summed E-state index contributed by atoms with van der Waals surface area (Å²) in [6.07, 6.45) is 1.86. The Labute approximate surface area is 215 Å². The minimum atomic E-state index is -0.571. The number of nitrogens with zero attached hydrogens (tertiary/aromatic N) is 4. The van der Waals surface area contributed by atoms with Gasteiger partial charge in [-0.15, -0.1) is 5.10 Å². The summed E-state index contributed by atoms with van der Waals surface area (Å²) in [6.45, 7) is 3.70. The van der Waals surface area contributed by atoms with E-state index in [1.165, 1.54) is 13.2 Å². The van der Waals surface area contributed by atoms with E-state index in [9.17, 15) is 14.0 Å². The zero-order valence-corrected chi connectivity index (χ0v) is 21.4. The van der Waals surface area contributed by atoms with E-state index in [-0.39, 0.29) is 29.5 Å². The number of fused-ring (bicyclic) bond motifs is 1. The number of amides is 2. The van der Waals surface area contributed by atoms with Gasteiger partial charge in [0.05, 0.1) is 18.7 Å². The largest absolute Gasteiger partial charge is 0.494 e. The van der Waals surface area contributed by atoms with Crippen LogP contribution in [0.1, 0.15) is 30.9 Å². The average Bonchev–Trinajstić information content (AvgIpc) is 3.61. The molecule has 0 unspecified atom stereocenters. The van der Waals surface area contributed by atoms with Crippen LogP contribution in [-0.4, -0.2) is 64.0 Å². The monoisotopic (exact) mass is 508 g/mol. The standard InChI is InChI=1S/C27H33FN6O3/c1-16-8-22(29-13-16)27(36)34-15-19(9-17-5-7-25(37-3)20(28)10-17)12-24(34)26(35)30-14-18-4-6-23-21(11-18)31-32-33(23)2/h4-7,10-11,16,19,22,24,29H,8-9,12-15H2,1-3H3,(H,30,35)/t16-,19-,22-,24+/m1/s1. The van der Waals surface area contributed by atoms with Crippen LogP contribution in [0.5, 0.6) is 5.75 Å². The number of hydrogen-bond donors (Lipinski definition) is 2. The van der Waals surface area contributed by atoms with Crippen LogP contribution in [0.3, 0.4) is 0 Å². The van der Waals surface area contributed by atoms with Crippen molar-refractivity contribution in [1.82, 2.24) is 30.5 Å². The van der Waals surface area contributed by atoms with Gasteiger partial charge in [-0.25, -0.2) is 9.07 Å². The van der Waals surface area contributed by atoms with Gasteiger partial charge in [0.25, 0.3) is 0 Å². The molecule has 196 valence electrons. The van der Waals surface area contributed by atoms with Gasteiger partial charge in [0, 0.05) is 20.1 Å². The van der Waals surface area contributed by atoms with E-state index in [4.69, 9.17) is 4.74 Å². The van der Waals surface area contributed by atoms with Crippen molar-refractivity contribution in [1.29, 1.82) is 0 Å². The molecular weight excluding hydrogens is 475 g/mol. The molecule has 3 aromatic rings. The van der Waals surface area contributed by atoms with Gasteiger partial charge in [0.2, 0.25) is 11.8 Å². The Kier molecular flexibility index (Phi) is 7.10. The number of carbonyl (C=O) groups excluding carboxylic acids is 2. The van der Waals surface area contributed by atoms with E-state index in [1.807, 2.05) is 31.3 Å². The molecule has 37 heavy (non-hydrogen) atoms. The van der Waals surface area contributed by atoms with Crippen molar-refractivity contribution in [2.75, 3.05) is 20.2 Å². The van der Waals surface area contributed by atoms with Crippen molar-refractivity contribution in [3.05, 3.63) is 53.3 Å². The summed E-state index contributed by atoms with van der Waals surface area (Å²) in [6, 6.07) is 9.86. The lowest BCUT2D eigenvalue weighted by Crippen LogP contribution is -2.51. The lowest BCUT2D eigenvalue weighted by Gasteiger charge is -2.27. The van der Waals surface area contributed by atoms with Crippen molar-refractivity contribution in [2.24, 2.45) is 18.9 Å². The molecule has 0 aliphatic carbocycles. The number of aryl methyl sites for hydroxylation is 1. The van der Waals surface area contributed by atoms with Crippen LogP contribution < -0.4 is 15.4 Å². The zero-order chi connectivity index (χ0) is 26.1. The van der Waals surface area contributed by atoms with Crippen LogP contribution >= 0.6 is 0 Å². The summed E-state index contributed by atoms with van der Waals surface area (Å²) in [7, 11) is 3.27. The molecule has 2 aromatic carbocycles. The van der Waals surface area contributed by atoms with Gasteiger partial charge in [-0.1, -0.05) is 24.3 Å². The number of nitrogens with one attached hydrogen (secondary N) is 2. The zero-order valence-electron chi connectivity index (χ0n) is 21.4. The Morgan fingerprint density at radius 3 is 2.73 bits per heavy atom. The summed E-state index contributed by atoms with van der Waals surface area (Å²) in [5.74, 6) is 0.0332. The number of ether oxygens (including phenoxy) is 1. The summed E-state index contributed by atoms with van der Waals surface area (Å²) >= 11 is 0. The summed E-state index contributed by atoms with van der Waals surface area (Å²) in [5.41, 5.74) is 3.41. The fourth-order valence-electron chi connectivity index (χ4n) is 5.54. The van der Waals surface area contributed by atoms with E-state index in [1.54, 1.807) is 15.6 Å². The maximum Gasteiger partial charge on any atom is 0.243 e. The number of benzene rings is 2. The molecule has 3 heterocycles. The fourth-order valence-corrected chi connectivity index (χ4v) is 5.54. The highest BCUT2D eigenvalue weighted by Gasteiger charge is 2.42. The Balaban J connectivity index is 1.29. The highest BCUT2D eigenvalue weighted by Crippen LogP contribution is 2.30. The molecule has 2 aliphatic heterocycles. The van der Waals surface area contributed by atoms with Crippen LogP contribution in [0.25, 0.3) is 11.0 Å². The summed E-state index contributed by atoms with van der Waals surface area (Å²) in [4.78, 5) is 28.6. The van der Waals surface area contributed by atoms with Crippen LogP contribution in [0.2, 0.25) is 0 Å². The van der Waals surface area contributed by atoms with Crippen molar-refractivity contribution in [3.63, 3.8) is 0 Å². The molecule has 1 aromatic heterocycles. The Morgan fingerprint density at radius 1 is 1.19 bits per heavy atom. The predicted octanol–water partition coefficient (Wildman–Crippen LogP) is 2.19. The maximum absolute atomic E-state index is 14.3. The first kappa shape index (κ1) is 25.1. The van der Waals surface area contributed by atoms with Gasteiger partial charge in [-0.2, -0.15) is 0 Å². The molecule has 2 saturated heterocycles. The molecule has 5 rings (SSSR count). The van der Waals surface area contributed by atoms with E-state index < -0.39 is 11.9 Å². The Morgan fingerprint density at radius 2 is 2.00 bits per heavy atom. The van der Waals surface area contributed by atoms with Gasteiger partial charge in [0.15, 0.2) is 11.6 Å². The second kappa shape index (κ2) is 10.5. The van der Waals surface area contributed by atoms with Gasteiger partial charge in [0.1, 0.15) is 11.6 Å².